The van der Waals surface area contributed by atoms with Gasteiger partial charge in [-0.15, -0.1) is 11.8 Å². The van der Waals surface area contributed by atoms with Gasteiger partial charge in [-0.25, -0.2) is 4.79 Å². The van der Waals surface area contributed by atoms with Crippen molar-refractivity contribution in [1.82, 2.24) is 10.2 Å². The summed E-state index contributed by atoms with van der Waals surface area (Å²) in [6.45, 7) is 8.90. The summed E-state index contributed by atoms with van der Waals surface area (Å²) >= 11 is 1.42. The van der Waals surface area contributed by atoms with E-state index in [-0.39, 0.29) is 31.6 Å². The van der Waals surface area contributed by atoms with Gasteiger partial charge in [-0.05, 0) is 70.6 Å². The van der Waals surface area contributed by atoms with Crippen LogP contribution < -0.4 is 10.6 Å². The molecule has 0 radical (unpaired) electrons. The van der Waals surface area contributed by atoms with Gasteiger partial charge in [-0.3, -0.25) is 19.7 Å². The quantitative estimate of drug-likeness (QED) is 0.212. The van der Waals surface area contributed by atoms with E-state index in [4.69, 9.17) is 14.2 Å². The standard InChI is InChI=1S/C35H47N3O7S/c1-5-43-33(41)27(16-11-14-24-18-20-38(21-19-24)34(42)44-23-25-12-7-6-8-13-25)36-31-29(22-30(39)45-35(2,3)4)46-28-17-10-9-15-26(28)37-32(31)40/h6-10,12-13,15,17,24,27,29,31,36H,5,11,14,16,18-23H2,1-4H3,(H,37,40)/t27-,29?,31-/m0/s1. The SMILES string of the molecule is CCOC(=O)[C@H](CCCC1CCN(C(=O)OCc2ccccc2)CC1)N[C@@H]1C(=O)Nc2ccccc2SC1CC(=O)OC(C)(C)C. The Morgan fingerprint density at radius 3 is 2.41 bits per heavy atom. The Kier molecular flexibility index (Phi) is 12.9. The number of benzene rings is 2. The van der Waals surface area contributed by atoms with Crippen molar-refractivity contribution in [3.63, 3.8) is 0 Å². The maximum Gasteiger partial charge on any atom is 0.410 e. The molecule has 3 atom stereocenters. The molecule has 0 saturated carbocycles. The number of anilines is 1. The zero-order valence-electron chi connectivity index (χ0n) is 27.3. The van der Waals surface area contributed by atoms with Gasteiger partial charge in [0.2, 0.25) is 5.91 Å². The molecule has 250 valence electrons. The van der Waals surface area contributed by atoms with Crippen LogP contribution in [0.25, 0.3) is 0 Å². The van der Waals surface area contributed by atoms with E-state index in [1.54, 1.807) is 32.6 Å². The highest BCUT2D eigenvalue weighted by molar-refractivity contribution is 8.00. The number of hydrogen-bond acceptors (Lipinski definition) is 9. The number of carbonyl (C=O) groups is 4. The van der Waals surface area contributed by atoms with E-state index in [1.807, 2.05) is 54.6 Å². The smallest absolute Gasteiger partial charge is 0.410 e. The number of carbonyl (C=O) groups excluding carboxylic acids is 4. The number of rotatable bonds is 12. The lowest BCUT2D eigenvalue weighted by molar-refractivity contribution is -0.154. The minimum atomic E-state index is -0.843. The number of esters is 2. The van der Waals surface area contributed by atoms with Crippen molar-refractivity contribution in [3.05, 3.63) is 60.2 Å². The van der Waals surface area contributed by atoms with Gasteiger partial charge in [0.25, 0.3) is 0 Å². The van der Waals surface area contributed by atoms with E-state index in [0.29, 0.717) is 31.1 Å². The minimum Gasteiger partial charge on any atom is -0.465 e. The molecule has 2 aliphatic heterocycles. The molecule has 2 aliphatic rings. The molecule has 0 bridgehead atoms. The van der Waals surface area contributed by atoms with Crippen LogP contribution in [0.5, 0.6) is 0 Å². The normalized spacial score (nSPS) is 19.3. The van der Waals surface area contributed by atoms with Crippen LogP contribution in [0.2, 0.25) is 0 Å². The monoisotopic (exact) mass is 653 g/mol. The Morgan fingerprint density at radius 2 is 1.72 bits per heavy atom. The van der Waals surface area contributed by atoms with E-state index < -0.39 is 34.9 Å². The molecule has 0 aromatic heterocycles. The van der Waals surface area contributed by atoms with Crippen LogP contribution >= 0.6 is 11.8 Å². The second-order valence-corrected chi connectivity index (χ2v) is 14.1. The minimum absolute atomic E-state index is 0.0107. The van der Waals surface area contributed by atoms with Gasteiger partial charge < -0.3 is 24.4 Å². The average molecular weight is 654 g/mol. The highest BCUT2D eigenvalue weighted by Gasteiger charge is 2.38. The summed E-state index contributed by atoms with van der Waals surface area (Å²) in [5.41, 5.74) is 0.955. The summed E-state index contributed by atoms with van der Waals surface area (Å²) in [6, 6.07) is 15.5. The molecule has 4 rings (SSSR count). The van der Waals surface area contributed by atoms with Crippen LogP contribution in [0.3, 0.4) is 0 Å². The van der Waals surface area contributed by atoms with Crippen LogP contribution in [0.1, 0.15) is 71.8 Å². The van der Waals surface area contributed by atoms with Crippen LogP contribution in [0, 0.1) is 5.92 Å². The van der Waals surface area contributed by atoms with Gasteiger partial charge in [0, 0.05) is 23.2 Å². The van der Waals surface area contributed by atoms with Crippen LogP contribution in [0.4, 0.5) is 10.5 Å². The molecule has 2 N–H and O–H groups in total. The fraction of sp³-hybridized carbons (Fsp3) is 0.543. The van der Waals surface area contributed by atoms with Gasteiger partial charge in [-0.2, -0.15) is 0 Å². The molecule has 11 heteroatoms. The van der Waals surface area contributed by atoms with E-state index in [2.05, 4.69) is 10.6 Å². The maximum atomic E-state index is 13.6. The van der Waals surface area contributed by atoms with Crippen LogP contribution in [0.15, 0.2) is 59.5 Å². The number of nitrogens with one attached hydrogen (secondary N) is 2. The first kappa shape index (κ1) is 35.3. The Hall–Kier alpha value is -3.57. The number of thioether (sulfide) groups is 1. The third kappa shape index (κ3) is 10.8. The Labute approximate surface area is 276 Å². The lowest BCUT2D eigenvalue weighted by atomic mass is 9.90. The van der Waals surface area contributed by atoms with Gasteiger partial charge in [-0.1, -0.05) is 55.3 Å². The fourth-order valence-corrected chi connectivity index (χ4v) is 7.01. The lowest BCUT2D eigenvalue weighted by Crippen LogP contribution is -2.54. The summed E-state index contributed by atoms with van der Waals surface area (Å²) in [6.07, 6.45) is 3.49. The van der Waals surface area contributed by atoms with Crippen molar-refractivity contribution in [2.45, 2.75) is 101 Å². The summed E-state index contributed by atoms with van der Waals surface area (Å²) < 4.78 is 16.5. The van der Waals surface area contributed by atoms with Crippen molar-refractivity contribution in [1.29, 1.82) is 0 Å². The number of likely N-dealkylation sites (tertiary alicyclic amines) is 1. The third-order valence-electron chi connectivity index (χ3n) is 8.00. The van der Waals surface area contributed by atoms with Crippen LogP contribution in [-0.4, -0.2) is 71.5 Å². The molecule has 2 aromatic carbocycles. The van der Waals surface area contributed by atoms with E-state index in [0.717, 1.165) is 36.1 Å². The second-order valence-electron chi connectivity index (χ2n) is 12.8. The molecule has 10 nitrogen and oxygen atoms in total. The number of ether oxygens (including phenoxy) is 3. The number of piperidine rings is 1. The predicted molar refractivity (Wildman–Crippen MR) is 177 cm³/mol. The summed E-state index contributed by atoms with van der Waals surface area (Å²) in [5.74, 6) is -0.736. The van der Waals surface area contributed by atoms with E-state index in [9.17, 15) is 19.2 Å². The zero-order chi connectivity index (χ0) is 33.1. The lowest BCUT2D eigenvalue weighted by Gasteiger charge is -2.32. The first-order chi connectivity index (χ1) is 22.0. The van der Waals surface area contributed by atoms with Gasteiger partial charge >= 0.3 is 18.0 Å². The number of hydrogen-bond donors (Lipinski definition) is 2. The Balaban J connectivity index is 1.34. The fourth-order valence-electron chi connectivity index (χ4n) is 5.73. The predicted octanol–water partition coefficient (Wildman–Crippen LogP) is 5.94. The highest BCUT2D eigenvalue weighted by atomic mass is 32.2. The maximum absolute atomic E-state index is 13.6. The van der Waals surface area contributed by atoms with Crippen LogP contribution in [-0.2, 0) is 35.2 Å². The molecule has 46 heavy (non-hydrogen) atoms. The molecular weight excluding hydrogens is 606 g/mol. The molecule has 2 heterocycles. The van der Waals surface area contributed by atoms with Gasteiger partial charge in [0.05, 0.1) is 18.7 Å². The second kappa shape index (κ2) is 16.8. The van der Waals surface area contributed by atoms with Crippen molar-refractivity contribution >= 4 is 41.4 Å². The molecule has 0 spiro atoms. The van der Waals surface area contributed by atoms with Crippen molar-refractivity contribution in [3.8, 4) is 0 Å². The number of amides is 2. The topological polar surface area (TPSA) is 123 Å². The molecule has 0 aliphatic carbocycles. The first-order valence-corrected chi connectivity index (χ1v) is 17.1. The average Bonchev–Trinajstić information content (AvgIpc) is 3.14. The number of para-hydroxylation sites is 1. The Morgan fingerprint density at radius 1 is 1.02 bits per heavy atom. The molecule has 2 aromatic rings. The first-order valence-electron chi connectivity index (χ1n) is 16.2. The van der Waals surface area contributed by atoms with Gasteiger partial charge in [0.1, 0.15) is 24.3 Å². The summed E-state index contributed by atoms with van der Waals surface area (Å²) in [4.78, 5) is 54.8. The van der Waals surface area contributed by atoms with E-state index >= 15 is 0 Å². The molecule has 1 unspecified atom stereocenters. The van der Waals surface area contributed by atoms with Crippen molar-refractivity contribution in [2.75, 3.05) is 25.0 Å². The number of fused-ring (bicyclic) bond motifs is 1. The molecule has 1 saturated heterocycles. The zero-order valence-corrected chi connectivity index (χ0v) is 28.1. The highest BCUT2D eigenvalue weighted by Crippen LogP contribution is 2.37. The summed E-state index contributed by atoms with van der Waals surface area (Å²) in [5, 5.41) is 5.74. The van der Waals surface area contributed by atoms with Gasteiger partial charge in [0.15, 0.2) is 0 Å². The van der Waals surface area contributed by atoms with E-state index in [1.165, 1.54) is 11.8 Å². The molecule has 2 amide bonds. The van der Waals surface area contributed by atoms with Crippen molar-refractivity contribution < 1.29 is 33.4 Å². The third-order valence-corrected chi connectivity index (χ3v) is 9.35. The largest absolute Gasteiger partial charge is 0.465 e. The van der Waals surface area contributed by atoms with Crippen molar-refractivity contribution in [2.24, 2.45) is 5.92 Å². The molecular formula is C35H47N3O7S. The Bertz CT molecular complexity index is 1320. The summed E-state index contributed by atoms with van der Waals surface area (Å²) in [7, 11) is 0. The molecule has 1 fully saturated rings. The number of nitrogens with zero attached hydrogens (tertiary/aromatic N) is 1.